The van der Waals surface area contributed by atoms with Gasteiger partial charge in [0.25, 0.3) is 5.92 Å². The SMILES string of the molecule is CCCC[S@@](=O)N[C@](CF)(c1ccccc1F)C(F)(F)CO. The second kappa shape index (κ2) is 8.03. The van der Waals surface area contributed by atoms with Gasteiger partial charge in [-0.3, -0.25) is 0 Å². The van der Waals surface area contributed by atoms with E-state index in [1.807, 2.05) is 11.6 Å². The molecule has 0 fully saturated rings. The van der Waals surface area contributed by atoms with Crippen LogP contribution in [0.15, 0.2) is 24.3 Å². The van der Waals surface area contributed by atoms with E-state index < -0.39 is 47.1 Å². The number of unbranched alkanes of at least 4 members (excludes halogenated alkanes) is 1. The maximum absolute atomic E-state index is 14.2. The summed E-state index contributed by atoms with van der Waals surface area (Å²) in [7, 11) is -1.99. The lowest BCUT2D eigenvalue weighted by Crippen LogP contribution is -2.60. The van der Waals surface area contributed by atoms with Crippen LogP contribution < -0.4 is 4.72 Å². The van der Waals surface area contributed by atoms with Crippen LogP contribution in [-0.2, 0) is 16.5 Å². The Morgan fingerprint density at radius 1 is 1.32 bits per heavy atom. The summed E-state index contributed by atoms with van der Waals surface area (Å²) in [5.74, 6) is -5.08. The third-order valence-corrected chi connectivity index (χ3v) is 4.56. The van der Waals surface area contributed by atoms with Gasteiger partial charge in [0.1, 0.15) is 19.1 Å². The average molecular weight is 341 g/mol. The number of halogens is 4. The fourth-order valence-corrected chi connectivity index (χ4v) is 3.34. The average Bonchev–Trinajstić information content (AvgIpc) is 2.51. The molecule has 0 unspecified atom stereocenters. The highest BCUT2D eigenvalue weighted by atomic mass is 32.2. The van der Waals surface area contributed by atoms with Crippen LogP contribution in [0.3, 0.4) is 0 Å². The molecule has 0 aliphatic carbocycles. The van der Waals surface area contributed by atoms with Gasteiger partial charge in [0.15, 0.2) is 5.54 Å². The highest BCUT2D eigenvalue weighted by Gasteiger charge is 2.57. The number of hydrogen-bond donors (Lipinski definition) is 2. The van der Waals surface area contributed by atoms with Gasteiger partial charge in [0.2, 0.25) is 0 Å². The summed E-state index contributed by atoms with van der Waals surface area (Å²) in [6.07, 6.45) is 1.15. The largest absolute Gasteiger partial charge is 0.390 e. The zero-order chi connectivity index (χ0) is 16.8. The van der Waals surface area contributed by atoms with Crippen molar-refractivity contribution in [3.05, 3.63) is 35.6 Å². The van der Waals surface area contributed by atoms with Crippen molar-refractivity contribution in [1.82, 2.24) is 4.72 Å². The molecule has 0 amide bonds. The topological polar surface area (TPSA) is 49.3 Å². The maximum atomic E-state index is 14.2. The first kappa shape index (κ1) is 19.1. The summed E-state index contributed by atoms with van der Waals surface area (Å²) in [6.45, 7) is -1.61. The van der Waals surface area contributed by atoms with Crippen LogP contribution in [0.25, 0.3) is 0 Å². The molecular formula is C14H19F4NO2S. The van der Waals surface area contributed by atoms with Crippen LogP contribution in [-0.4, -0.2) is 34.3 Å². The number of aliphatic hydroxyl groups excluding tert-OH is 1. The van der Waals surface area contributed by atoms with Gasteiger partial charge in [-0.2, -0.15) is 0 Å². The highest BCUT2D eigenvalue weighted by molar-refractivity contribution is 7.83. The number of hydrogen-bond acceptors (Lipinski definition) is 2. The second-order valence-corrected chi connectivity index (χ2v) is 6.19. The Morgan fingerprint density at radius 3 is 2.45 bits per heavy atom. The second-order valence-electron chi connectivity index (χ2n) is 4.89. The van der Waals surface area contributed by atoms with Gasteiger partial charge in [0, 0.05) is 11.3 Å². The summed E-state index contributed by atoms with van der Waals surface area (Å²) >= 11 is 0. The summed E-state index contributed by atoms with van der Waals surface area (Å²) in [4.78, 5) is 0. The zero-order valence-corrected chi connectivity index (χ0v) is 12.9. The van der Waals surface area contributed by atoms with Crippen molar-refractivity contribution in [2.45, 2.75) is 31.2 Å². The molecule has 0 saturated heterocycles. The van der Waals surface area contributed by atoms with Crippen molar-refractivity contribution in [3.8, 4) is 0 Å². The molecule has 1 aromatic carbocycles. The predicted molar refractivity (Wildman–Crippen MR) is 77.1 cm³/mol. The minimum atomic E-state index is -4.04. The molecule has 126 valence electrons. The van der Waals surface area contributed by atoms with Crippen molar-refractivity contribution >= 4 is 11.0 Å². The molecular weight excluding hydrogens is 322 g/mol. The summed E-state index contributed by atoms with van der Waals surface area (Å²) in [5, 5.41) is 8.92. The Kier molecular flexibility index (Phi) is 6.96. The monoisotopic (exact) mass is 341 g/mol. The number of alkyl halides is 3. The zero-order valence-electron chi connectivity index (χ0n) is 12.1. The molecule has 0 heterocycles. The minimum absolute atomic E-state index is 0.0220. The molecule has 0 aliphatic rings. The molecule has 3 nitrogen and oxygen atoms in total. The highest BCUT2D eigenvalue weighted by Crippen LogP contribution is 2.39. The Morgan fingerprint density at radius 2 is 1.95 bits per heavy atom. The third-order valence-electron chi connectivity index (χ3n) is 3.33. The van der Waals surface area contributed by atoms with Crippen LogP contribution in [0.2, 0.25) is 0 Å². The van der Waals surface area contributed by atoms with Crippen LogP contribution >= 0.6 is 0 Å². The molecule has 2 atom stereocenters. The number of benzene rings is 1. The lowest BCUT2D eigenvalue weighted by Gasteiger charge is -2.38. The van der Waals surface area contributed by atoms with Crippen molar-refractivity contribution in [1.29, 1.82) is 0 Å². The summed E-state index contributed by atoms with van der Waals surface area (Å²) in [5.41, 5.74) is -3.55. The number of nitrogens with one attached hydrogen (secondary N) is 1. The van der Waals surface area contributed by atoms with E-state index in [9.17, 15) is 21.8 Å². The van der Waals surface area contributed by atoms with Gasteiger partial charge in [0.05, 0.1) is 11.0 Å². The number of aliphatic hydroxyl groups is 1. The first-order valence-corrected chi connectivity index (χ1v) is 8.12. The van der Waals surface area contributed by atoms with Crippen LogP contribution in [0.4, 0.5) is 17.6 Å². The van der Waals surface area contributed by atoms with E-state index in [2.05, 4.69) is 0 Å². The molecule has 8 heteroatoms. The van der Waals surface area contributed by atoms with Crippen LogP contribution in [0.1, 0.15) is 25.3 Å². The molecule has 0 bridgehead atoms. The van der Waals surface area contributed by atoms with Crippen molar-refractivity contribution in [2.24, 2.45) is 0 Å². The maximum Gasteiger partial charge on any atom is 0.296 e. The molecule has 0 aromatic heterocycles. The fourth-order valence-electron chi connectivity index (χ4n) is 1.99. The summed E-state index contributed by atoms with van der Waals surface area (Å²) in [6, 6.07) is 4.44. The van der Waals surface area contributed by atoms with Crippen LogP contribution in [0.5, 0.6) is 0 Å². The van der Waals surface area contributed by atoms with Gasteiger partial charge in [-0.25, -0.2) is 26.5 Å². The third kappa shape index (κ3) is 3.85. The van der Waals surface area contributed by atoms with Gasteiger partial charge >= 0.3 is 0 Å². The first-order chi connectivity index (χ1) is 10.3. The Hall–Kier alpha value is -0.990. The van der Waals surface area contributed by atoms with E-state index in [1.54, 1.807) is 0 Å². The van der Waals surface area contributed by atoms with Gasteiger partial charge in [-0.15, -0.1) is 0 Å². The summed E-state index contributed by atoms with van der Waals surface area (Å²) < 4.78 is 69.8. The normalized spacial score (nSPS) is 16.3. The van der Waals surface area contributed by atoms with Crippen molar-refractivity contribution in [2.75, 3.05) is 19.0 Å². The van der Waals surface area contributed by atoms with E-state index in [-0.39, 0.29) is 5.75 Å². The molecule has 0 spiro atoms. The predicted octanol–water partition coefficient (Wildman–Crippen LogP) is 2.67. The molecule has 1 aromatic rings. The molecule has 2 N–H and O–H groups in total. The lowest BCUT2D eigenvalue weighted by molar-refractivity contribution is -0.127. The van der Waals surface area contributed by atoms with Crippen LogP contribution in [0, 0.1) is 5.82 Å². The molecule has 0 saturated carbocycles. The fraction of sp³-hybridized carbons (Fsp3) is 0.571. The molecule has 22 heavy (non-hydrogen) atoms. The molecule has 0 aliphatic heterocycles. The Bertz CT molecular complexity index is 515. The molecule has 1 rings (SSSR count). The lowest BCUT2D eigenvalue weighted by atomic mass is 9.85. The smallest absolute Gasteiger partial charge is 0.296 e. The van der Waals surface area contributed by atoms with E-state index in [0.29, 0.717) is 12.8 Å². The van der Waals surface area contributed by atoms with E-state index in [1.165, 1.54) is 12.1 Å². The quantitative estimate of drug-likeness (QED) is 0.679. The Labute approximate surface area is 129 Å². The Balaban J connectivity index is 3.31. The van der Waals surface area contributed by atoms with E-state index in [0.717, 1.165) is 12.1 Å². The standard InChI is InChI=1S/C14H19F4NO2S/c1-2-3-8-22(21)19-13(9-15,14(17,18)10-20)11-6-4-5-7-12(11)16/h4-7,19-20H,2-3,8-10H2,1H3/t13-,22-/m1/s1. The van der Waals surface area contributed by atoms with E-state index in [4.69, 9.17) is 5.11 Å². The first-order valence-electron chi connectivity index (χ1n) is 6.80. The van der Waals surface area contributed by atoms with Crippen molar-refractivity contribution < 1.29 is 26.9 Å². The van der Waals surface area contributed by atoms with E-state index >= 15 is 0 Å². The van der Waals surface area contributed by atoms with Gasteiger partial charge in [-0.1, -0.05) is 31.5 Å². The van der Waals surface area contributed by atoms with Crippen molar-refractivity contribution in [3.63, 3.8) is 0 Å². The van der Waals surface area contributed by atoms with Gasteiger partial charge < -0.3 is 5.11 Å². The van der Waals surface area contributed by atoms with Gasteiger partial charge in [-0.05, 0) is 12.5 Å². The molecule has 0 radical (unpaired) electrons. The number of rotatable bonds is 9. The minimum Gasteiger partial charge on any atom is -0.390 e.